The summed E-state index contributed by atoms with van der Waals surface area (Å²) in [5.41, 5.74) is 12.6. The van der Waals surface area contributed by atoms with Crippen molar-refractivity contribution in [2.75, 3.05) is 4.81 Å². The van der Waals surface area contributed by atoms with E-state index in [9.17, 15) is 0 Å². The maximum absolute atomic E-state index is 5.07. The zero-order chi connectivity index (χ0) is 34.4. The van der Waals surface area contributed by atoms with Gasteiger partial charge in [-0.05, 0) is 68.4 Å². The Morgan fingerprint density at radius 3 is 1.75 bits per heavy atom. The van der Waals surface area contributed by atoms with Gasteiger partial charge in [-0.1, -0.05) is 164 Å². The minimum atomic E-state index is -0.00489. The molecule has 52 heavy (non-hydrogen) atoms. The van der Waals surface area contributed by atoms with Gasteiger partial charge in [0, 0.05) is 27.9 Å². The van der Waals surface area contributed by atoms with Crippen LogP contribution in [0.4, 0.5) is 5.69 Å². The summed E-state index contributed by atoms with van der Waals surface area (Å²) in [5, 5.41) is 2.52. The minimum Gasteiger partial charge on any atom is -0.383 e. The monoisotopic (exact) mass is 662 g/mol. The van der Waals surface area contributed by atoms with E-state index < -0.39 is 0 Å². The Morgan fingerprint density at radius 2 is 1.04 bits per heavy atom. The number of aromatic nitrogens is 3. The largest absolute Gasteiger partial charge is 0.383 e. The van der Waals surface area contributed by atoms with E-state index in [0.29, 0.717) is 17.5 Å². The van der Waals surface area contributed by atoms with Crippen LogP contribution in [-0.4, -0.2) is 21.8 Å². The summed E-state index contributed by atoms with van der Waals surface area (Å²) in [5.74, 6) is 1.94. The predicted molar refractivity (Wildman–Crippen MR) is 216 cm³/mol. The summed E-state index contributed by atoms with van der Waals surface area (Å²) in [6.45, 7) is -0.00489. The highest BCUT2D eigenvalue weighted by atomic mass is 15.1. The van der Waals surface area contributed by atoms with Gasteiger partial charge in [0.1, 0.15) is 0 Å². The van der Waals surface area contributed by atoms with Gasteiger partial charge in [0.15, 0.2) is 17.5 Å². The van der Waals surface area contributed by atoms with E-state index in [0.717, 1.165) is 27.8 Å². The summed E-state index contributed by atoms with van der Waals surface area (Å²) in [4.78, 5) is 17.5. The minimum absolute atomic E-state index is 0.00489. The van der Waals surface area contributed by atoms with Crippen LogP contribution in [-0.2, 0) is 0 Å². The quantitative estimate of drug-likeness (QED) is 0.172. The van der Waals surface area contributed by atoms with Crippen molar-refractivity contribution in [3.8, 4) is 56.4 Å². The molecule has 0 aliphatic carbocycles. The highest BCUT2D eigenvalue weighted by molar-refractivity contribution is 6.95. The van der Waals surface area contributed by atoms with E-state index in [4.69, 9.17) is 15.0 Å². The van der Waals surface area contributed by atoms with E-state index in [1.807, 2.05) is 60.7 Å². The van der Waals surface area contributed by atoms with Gasteiger partial charge in [-0.3, -0.25) is 0 Å². The van der Waals surface area contributed by atoms with E-state index >= 15 is 0 Å². The molecule has 0 saturated heterocycles. The van der Waals surface area contributed by atoms with Crippen molar-refractivity contribution < 1.29 is 0 Å². The van der Waals surface area contributed by atoms with Gasteiger partial charge in [-0.25, -0.2) is 15.0 Å². The Hall–Kier alpha value is -6.85. The first kappa shape index (κ1) is 30.0. The first-order valence-electron chi connectivity index (χ1n) is 17.6. The topological polar surface area (TPSA) is 41.9 Å². The SMILES string of the molecule is C1=CN2B(C(c3ccc(-c4nc(-c5ccccc5)nc(-c5ccccc5)n4)cc3-c3ccccc3)=C1)c1ccccc1-c1c2ccc2ccccc12. The molecule has 2 aliphatic heterocycles. The standard InChI is InChI=1S/C47H31BN4/c1-4-15-32(16-5-1)40-31-36(47-50-45(34-18-6-2-7-19-34)49-46(51-47)35-20-8-3-9-21-35)26-28-38(40)41-25-14-30-52-43-29-27-33-17-10-11-22-37(33)44(43)39-23-12-13-24-42(39)48(41)52/h1-31H. The molecule has 0 unspecified atom stereocenters. The lowest BCUT2D eigenvalue weighted by atomic mass is 9.43. The fraction of sp³-hybridized carbons (Fsp3) is 0. The predicted octanol–water partition coefficient (Wildman–Crippen LogP) is 10.5. The van der Waals surface area contributed by atoms with Gasteiger partial charge < -0.3 is 4.81 Å². The number of rotatable bonds is 5. The molecule has 2 aliphatic rings. The molecule has 0 saturated carbocycles. The average Bonchev–Trinajstić information content (AvgIpc) is 3.24. The molecule has 242 valence electrons. The smallest absolute Gasteiger partial charge is 0.328 e. The second kappa shape index (κ2) is 12.5. The van der Waals surface area contributed by atoms with Gasteiger partial charge in [0.05, 0.1) is 0 Å². The molecule has 8 aromatic rings. The Bertz CT molecular complexity index is 2630. The van der Waals surface area contributed by atoms with Crippen LogP contribution in [0.2, 0.25) is 0 Å². The van der Waals surface area contributed by atoms with E-state index in [1.54, 1.807) is 0 Å². The highest BCUT2D eigenvalue weighted by Crippen LogP contribution is 2.45. The number of benzene rings is 7. The Kier molecular flexibility index (Phi) is 7.21. The normalized spacial score (nSPS) is 13.0. The molecule has 5 heteroatoms. The van der Waals surface area contributed by atoms with Crippen LogP contribution in [0.15, 0.2) is 188 Å². The first-order valence-corrected chi connectivity index (χ1v) is 17.6. The summed E-state index contributed by atoms with van der Waals surface area (Å²) >= 11 is 0. The second-order valence-corrected chi connectivity index (χ2v) is 13.2. The number of hydrogen-bond acceptors (Lipinski definition) is 4. The maximum Gasteiger partial charge on any atom is 0.328 e. The van der Waals surface area contributed by atoms with Crippen molar-refractivity contribution in [1.29, 1.82) is 0 Å². The number of anilines is 1. The maximum atomic E-state index is 5.07. The Morgan fingerprint density at radius 1 is 0.442 bits per heavy atom. The van der Waals surface area contributed by atoms with Crippen molar-refractivity contribution in [2.24, 2.45) is 0 Å². The molecule has 7 aromatic carbocycles. The number of fused-ring (bicyclic) bond motifs is 8. The molecule has 10 rings (SSSR count). The van der Waals surface area contributed by atoms with Crippen LogP contribution in [0.1, 0.15) is 5.56 Å². The molecular weight excluding hydrogens is 631 g/mol. The Balaban J connectivity index is 1.16. The molecule has 3 heterocycles. The third-order valence-corrected chi connectivity index (χ3v) is 10.2. The summed E-state index contributed by atoms with van der Waals surface area (Å²) < 4.78 is 0. The first-order chi connectivity index (χ1) is 25.8. The lowest BCUT2D eigenvalue weighted by Crippen LogP contribution is -2.51. The molecule has 0 fully saturated rings. The molecule has 1 aromatic heterocycles. The van der Waals surface area contributed by atoms with Crippen LogP contribution < -0.4 is 10.3 Å². The highest BCUT2D eigenvalue weighted by Gasteiger charge is 2.39. The average molecular weight is 663 g/mol. The van der Waals surface area contributed by atoms with E-state index in [1.165, 1.54) is 44.1 Å². The lowest BCUT2D eigenvalue weighted by molar-refractivity contribution is 1.07. The van der Waals surface area contributed by atoms with Crippen molar-refractivity contribution in [1.82, 2.24) is 15.0 Å². The number of nitrogens with zero attached hydrogens (tertiary/aromatic N) is 4. The third-order valence-electron chi connectivity index (χ3n) is 10.2. The van der Waals surface area contributed by atoms with Crippen LogP contribution >= 0.6 is 0 Å². The molecule has 0 radical (unpaired) electrons. The second-order valence-electron chi connectivity index (χ2n) is 13.2. The van der Waals surface area contributed by atoms with Crippen LogP contribution in [0.3, 0.4) is 0 Å². The molecular formula is C47H31BN4. The van der Waals surface area contributed by atoms with Crippen molar-refractivity contribution in [2.45, 2.75) is 0 Å². The summed E-state index contributed by atoms with van der Waals surface area (Å²) in [6, 6.07) is 59.7. The molecule has 0 spiro atoms. The lowest BCUT2D eigenvalue weighted by Gasteiger charge is -2.40. The number of allylic oxidation sites excluding steroid dienone is 2. The third kappa shape index (κ3) is 5.06. The van der Waals surface area contributed by atoms with Crippen molar-refractivity contribution in [3.63, 3.8) is 0 Å². The molecule has 4 nitrogen and oxygen atoms in total. The Labute approximate surface area is 303 Å². The van der Waals surface area contributed by atoms with E-state index in [2.05, 4.69) is 132 Å². The van der Waals surface area contributed by atoms with Crippen molar-refractivity contribution in [3.05, 3.63) is 194 Å². The van der Waals surface area contributed by atoms with Gasteiger partial charge in [-0.2, -0.15) is 0 Å². The zero-order valence-corrected chi connectivity index (χ0v) is 28.3. The van der Waals surface area contributed by atoms with Gasteiger partial charge >= 0.3 is 6.85 Å². The summed E-state index contributed by atoms with van der Waals surface area (Å²) in [6.07, 6.45) is 6.70. The van der Waals surface area contributed by atoms with E-state index in [-0.39, 0.29) is 6.85 Å². The molecule has 0 bridgehead atoms. The van der Waals surface area contributed by atoms with Gasteiger partial charge in [0.2, 0.25) is 0 Å². The fourth-order valence-corrected chi connectivity index (χ4v) is 7.79. The zero-order valence-electron chi connectivity index (χ0n) is 28.3. The van der Waals surface area contributed by atoms with Crippen LogP contribution in [0.5, 0.6) is 0 Å². The van der Waals surface area contributed by atoms with Crippen LogP contribution in [0, 0.1) is 0 Å². The number of hydrogen-bond donors (Lipinski definition) is 0. The molecule has 0 atom stereocenters. The molecule has 0 N–H and O–H groups in total. The summed E-state index contributed by atoms with van der Waals surface area (Å²) in [7, 11) is 0. The van der Waals surface area contributed by atoms with Gasteiger partial charge in [-0.15, -0.1) is 0 Å². The van der Waals surface area contributed by atoms with Crippen molar-refractivity contribution >= 4 is 34.2 Å². The molecule has 0 amide bonds. The van der Waals surface area contributed by atoms with Gasteiger partial charge in [0.25, 0.3) is 0 Å². The fourth-order valence-electron chi connectivity index (χ4n) is 7.79. The van der Waals surface area contributed by atoms with Crippen LogP contribution in [0.25, 0.3) is 72.7 Å².